The van der Waals surface area contributed by atoms with E-state index in [0.717, 1.165) is 4.91 Å². The van der Waals surface area contributed by atoms with Crippen LogP contribution in [0.15, 0.2) is 23.1 Å². The number of allylic oxidation sites excluding steroid dienone is 3. The van der Waals surface area contributed by atoms with E-state index >= 15 is 0 Å². The minimum Gasteiger partial charge on any atom is -0.480 e. The van der Waals surface area contributed by atoms with Crippen molar-refractivity contribution in [3.8, 4) is 0 Å². The lowest BCUT2D eigenvalue weighted by molar-refractivity contribution is -0.137. The Hall–Kier alpha value is -0.810. The molecule has 0 unspecified atom stereocenters. The molecule has 76 valence electrons. The van der Waals surface area contributed by atoms with Gasteiger partial charge in [0, 0.05) is 4.91 Å². The number of carboxylic acid groups (broad SMARTS) is 1. The third-order valence-corrected chi connectivity index (χ3v) is 3.09. The Morgan fingerprint density at radius 1 is 1.79 bits per heavy atom. The molecule has 0 spiro atoms. The Morgan fingerprint density at radius 2 is 2.50 bits per heavy atom. The van der Waals surface area contributed by atoms with E-state index in [0.29, 0.717) is 10.9 Å². The van der Waals surface area contributed by atoms with Gasteiger partial charge in [0.1, 0.15) is 10.9 Å². The Bertz CT molecular complexity index is 310. The summed E-state index contributed by atoms with van der Waals surface area (Å²) in [6, 6.07) is 0. The maximum atomic E-state index is 10.5. The normalized spacial score (nSPS) is 19.9. The van der Waals surface area contributed by atoms with Gasteiger partial charge in [0.05, 0.1) is 6.54 Å². The first-order chi connectivity index (χ1) is 6.63. The summed E-state index contributed by atoms with van der Waals surface area (Å²) in [5.74, 6) is -0.847. The van der Waals surface area contributed by atoms with Crippen molar-refractivity contribution in [2.75, 3.05) is 13.1 Å². The van der Waals surface area contributed by atoms with Crippen LogP contribution < -0.4 is 0 Å². The second-order valence-corrected chi connectivity index (χ2v) is 4.54. The van der Waals surface area contributed by atoms with Gasteiger partial charge in [-0.1, -0.05) is 42.2 Å². The van der Waals surface area contributed by atoms with Gasteiger partial charge in [-0.05, 0) is 6.92 Å². The third-order valence-electron chi connectivity index (χ3n) is 1.62. The predicted octanol–water partition coefficient (Wildman–Crippen LogP) is 1.86. The molecule has 3 nitrogen and oxygen atoms in total. The van der Waals surface area contributed by atoms with E-state index in [2.05, 4.69) is 0 Å². The highest BCUT2D eigenvalue weighted by Gasteiger charge is 2.23. The summed E-state index contributed by atoms with van der Waals surface area (Å²) in [5, 5.41) is 8.61. The molecule has 1 heterocycles. The van der Waals surface area contributed by atoms with E-state index in [-0.39, 0.29) is 6.54 Å². The lowest BCUT2D eigenvalue weighted by Gasteiger charge is -2.11. The zero-order valence-electron chi connectivity index (χ0n) is 7.77. The fraction of sp³-hybridized carbons (Fsp3) is 0.333. The lowest BCUT2D eigenvalue weighted by Crippen LogP contribution is -2.29. The summed E-state index contributed by atoms with van der Waals surface area (Å²) in [6.07, 6.45) is 5.81. The molecule has 1 saturated heterocycles. The molecule has 0 aromatic carbocycles. The van der Waals surface area contributed by atoms with Gasteiger partial charge in [-0.2, -0.15) is 0 Å². The van der Waals surface area contributed by atoms with Gasteiger partial charge < -0.3 is 10.0 Å². The Labute approximate surface area is 92.5 Å². The Kier molecular flexibility index (Phi) is 4.16. The predicted molar refractivity (Wildman–Crippen MR) is 62.3 cm³/mol. The standard InChI is InChI=1S/C9H11NO2S2/c1-2-3-4-7-5-10(6-8(11)12)9(13)14-7/h2-4H,5-6H2,1H3,(H,11,12)/b3-2?,7-4+. The smallest absolute Gasteiger partial charge is 0.323 e. The van der Waals surface area contributed by atoms with Crippen LogP contribution >= 0.6 is 24.0 Å². The first kappa shape index (κ1) is 11.3. The third kappa shape index (κ3) is 3.16. The summed E-state index contributed by atoms with van der Waals surface area (Å²) in [4.78, 5) is 13.2. The summed E-state index contributed by atoms with van der Waals surface area (Å²) < 4.78 is 0.642. The van der Waals surface area contributed by atoms with Crippen molar-refractivity contribution in [1.82, 2.24) is 4.90 Å². The van der Waals surface area contributed by atoms with Crippen LogP contribution in [-0.2, 0) is 4.79 Å². The molecule has 0 bridgehead atoms. The minimum atomic E-state index is -0.847. The van der Waals surface area contributed by atoms with Gasteiger partial charge in [-0.15, -0.1) is 0 Å². The van der Waals surface area contributed by atoms with Gasteiger partial charge in [0.2, 0.25) is 0 Å². The topological polar surface area (TPSA) is 40.5 Å². The highest BCUT2D eigenvalue weighted by Crippen LogP contribution is 2.28. The second kappa shape index (κ2) is 5.17. The molecular weight excluding hydrogens is 218 g/mol. The van der Waals surface area contributed by atoms with E-state index in [4.69, 9.17) is 17.3 Å². The fourth-order valence-electron chi connectivity index (χ4n) is 1.04. The van der Waals surface area contributed by atoms with Gasteiger partial charge in [0.15, 0.2) is 0 Å². The number of rotatable bonds is 3. The average Bonchev–Trinajstić information content (AvgIpc) is 2.43. The largest absolute Gasteiger partial charge is 0.480 e. The van der Waals surface area contributed by atoms with Crippen LogP contribution in [0.5, 0.6) is 0 Å². The number of thiocarbonyl (C=S) groups is 1. The molecule has 0 amide bonds. The summed E-state index contributed by atoms with van der Waals surface area (Å²) in [6.45, 7) is 2.53. The molecule has 1 fully saturated rings. The Balaban J connectivity index is 2.60. The SMILES string of the molecule is CC=C/C=C1\CN(CC(=O)O)C(=S)S1. The molecule has 0 aliphatic carbocycles. The van der Waals surface area contributed by atoms with E-state index in [1.54, 1.807) is 4.90 Å². The summed E-state index contributed by atoms with van der Waals surface area (Å²) in [7, 11) is 0. The number of aliphatic carboxylic acids is 1. The van der Waals surface area contributed by atoms with Gasteiger partial charge in [0.25, 0.3) is 0 Å². The van der Waals surface area contributed by atoms with Crippen LogP contribution in [0.4, 0.5) is 0 Å². The van der Waals surface area contributed by atoms with Crippen molar-refractivity contribution in [3.63, 3.8) is 0 Å². The van der Waals surface area contributed by atoms with Crippen molar-refractivity contribution in [2.45, 2.75) is 6.92 Å². The zero-order chi connectivity index (χ0) is 10.6. The van der Waals surface area contributed by atoms with Gasteiger partial charge in [-0.3, -0.25) is 4.79 Å². The number of carbonyl (C=O) groups is 1. The maximum absolute atomic E-state index is 10.5. The van der Waals surface area contributed by atoms with Crippen molar-refractivity contribution >= 4 is 34.3 Å². The van der Waals surface area contributed by atoms with Crippen molar-refractivity contribution in [3.05, 3.63) is 23.1 Å². The lowest BCUT2D eigenvalue weighted by atomic mass is 10.4. The van der Waals surface area contributed by atoms with E-state index in [1.165, 1.54) is 11.8 Å². The van der Waals surface area contributed by atoms with E-state index in [1.807, 2.05) is 25.2 Å². The molecule has 14 heavy (non-hydrogen) atoms. The zero-order valence-corrected chi connectivity index (χ0v) is 9.40. The molecule has 5 heteroatoms. The van der Waals surface area contributed by atoms with E-state index < -0.39 is 5.97 Å². The molecule has 1 N–H and O–H groups in total. The van der Waals surface area contributed by atoms with Crippen LogP contribution in [0.1, 0.15) is 6.92 Å². The highest BCUT2D eigenvalue weighted by atomic mass is 32.2. The molecule has 0 aromatic heterocycles. The number of hydrogen-bond acceptors (Lipinski definition) is 3. The molecule has 0 radical (unpaired) electrons. The molecule has 0 atom stereocenters. The Morgan fingerprint density at radius 3 is 3.07 bits per heavy atom. The summed E-state index contributed by atoms with van der Waals surface area (Å²) >= 11 is 6.51. The summed E-state index contributed by atoms with van der Waals surface area (Å²) in [5.41, 5.74) is 0. The molecule has 1 rings (SSSR count). The van der Waals surface area contributed by atoms with Crippen LogP contribution in [0.3, 0.4) is 0 Å². The molecule has 0 saturated carbocycles. The monoisotopic (exact) mass is 229 g/mol. The second-order valence-electron chi connectivity index (χ2n) is 2.78. The highest BCUT2D eigenvalue weighted by molar-refractivity contribution is 8.25. The minimum absolute atomic E-state index is 0.0149. The maximum Gasteiger partial charge on any atom is 0.323 e. The van der Waals surface area contributed by atoms with Crippen LogP contribution in [0.25, 0.3) is 0 Å². The van der Waals surface area contributed by atoms with Crippen molar-refractivity contribution < 1.29 is 9.90 Å². The average molecular weight is 229 g/mol. The molecular formula is C9H11NO2S2. The van der Waals surface area contributed by atoms with Crippen molar-refractivity contribution in [1.29, 1.82) is 0 Å². The number of hydrogen-bond donors (Lipinski definition) is 1. The number of carboxylic acids is 1. The van der Waals surface area contributed by atoms with Gasteiger partial charge in [-0.25, -0.2) is 0 Å². The van der Waals surface area contributed by atoms with Crippen LogP contribution in [0.2, 0.25) is 0 Å². The van der Waals surface area contributed by atoms with Crippen LogP contribution in [0, 0.1) is 0 Å². The van der Waals surface area contributed by atoms with Gasteiger partial charge >= 0.3 is 5.97 Å². The first-order valence-corrected chi connectivity index (χ1v) is 5.36. The number of thioether (sulfide) groups is 1. The molecule has 1 aliphatic rings. The number of nitrogens with zero attached hydrogens (tertiary/aromatic N) is 1. The fourth-order valence-corrected chi connectivity index (χ4v) is 2.34. The van der Waals surface area contributed by atoms with Crippen LogP contribution in [-0.4, -0.2) is 33.4 Å². The quantitative estimate of drug-likeness (QED) is 0.748. The van der Waals surface area contributed by atoms with Crippen molar-refractivity contribution in [2.24, 2.45) is 0 Å². The van der Waals surface area contributed by atoms with E-state index in [9.17, 15) is 4.79 Å². The first-order valence-electron chi connectivity index (χ1n) is 4.14. The molecule has 0 aromatic rings. The molecule has 1 aliphatic heterocycles.